The first-order valence-corrected chi connectivity index (χ1v) is 10.4. The van der Waals surface area contributed by atoms with Crippen molar-refractivity contribution in [2.24, 2.45) is 0 Å². The highest BCUT2D eigenvalue weighted by atomic mass is 19.3. The number of fused-ring (bicyclic) bond motifs is 1. The maximum atomic E-state index is 13.2. The Morgan fingerprint density at radius 3 is 2.57 bits per heavy atom. The highest BCUT2D eigenvalue weighted by Gasteiger charge is 2.21. The highest BCUT2D eigenvalue weighted by Crippen LogP contribution is 2.32. The molecule has 1 aromatic carbocycles. The lowest BCUT2D eigenvalue weighted by atomic mass is 9.93. The van der Waals surface area contributed by atoms with Crippen LogP contribution in [0.3, 0.4) is 0 Å². The third-order valence-electron chi connectivity index (χ3n) is 5.51. The number of anilines is 1. The van der Waals surface area contributed by atoms with Crippen LogP contribution < -0.4 is 10.9 Å². The number of pyridine rings is 1. The fourth-order valence-corrected chi connectivity index (χ4v) is 3.63. The largest absolute Gasteiger partial charge is 0.365 e. The van der Waals surface area contributed by atoms with Gasteiger partial charge in [-0.3, -0.25) is 4.79 Å². The van der Waals surface area contributed by atoms with Crippen molar-refractivity contribution in [3.8, 4) is 0 Å². The molecule has 0 unspecified atom stereocenters. The first kappa shape index (κ1) is 21.9. The minimum Gasteiger partial charge on any atom is -0.365 e. The van der Waals surface area contributed by atoms with E-state index in [0.717, 1.165) is 30.2 Å². The van der Waals surface area contributed by atoms with Crippen LogP contribution in [0, 0.1) is 13.8 Å². The molecule has 1 N–H and O–H groups in total. The Balaban J connectivity index is 0.00000124. The molecule has 0 spiro atoms. The summed E-state index contributed by atoms with van der Waals surface area (Å²) in [5, 5.41) is 4.03. The molecular formula is C23H28F2N4O. The summed E-state index contributed by atoms with van der Waals surface area (Å²) < 4.78 is 28.1. The number of nitrogens with zero attached hydrogens (tertiary/aromatic N) is 3. The average Bonchev–Trinajstić information content (AvgIpc) is 2.67. The molecule has 0 atom stereocenters. The number of rotatable bonds is 5. The van der Waals surface area contributed by atoms with Crippen LogP contribution in [0.2, 0.25) is 0 Å². The Labute approximate surface area is 175 Å². The number of aromatic nitrogens is 3. The van der Waals surface area contributed by atoms with Gasteiger partial charge in [-0.05, 0) is 44.2 Å². The standard InChI is InChI=1S/C21H22F2N4O.C2H6/c1-12-14(5-3-8-16(12)20(22)23)10-24-21-17-11-27(15-6-4-7-15)19(28)9-18(17)25-13(2)26-21;1-2/h3,5,8-9,11,15,20H,4,6-7,10H2,1-2H3,(H,24,25,26);1-2H3. The second-order valence-electron chi connectivity index (χ2n) is 7.31. The fraction of sp³-hybridized carbons (Fsp3) is 0.435. The maximum Gasteiger partial charge on any atom is 0.264 e. The smallest absolute Gasteiger partial charge is 0.264 e. The topological polar surface area (TPSA) is 59.8 Å². The van der Waals surface area contributed by atoms with E-state index in [-0.39, 0.29) is 17.2 Å². The van der Waals surface area contributed by atoms with Crippen LogP contribution in [0.4, 0.5) is 14.6 Å². The summed E-state index contributed by atoms with van der Waals surface area (Å²) in [7, 11) is 0. The van der Waals surface area contributed by atoms with Crippen molar-refractivity contribution in [3.05, 3.63) is 63.3 Å². The predicted molar refractivity (Wildman–Crippen MR) is 116 cm³/mol. The van der Waals surface area contributed by atoms with Crippen molar-refractivity contribution in [2.45, 2.75) is 66.0 Å². The third-order valence-corrected chi connectivity index (χ3v) is 5.51. The van der Waals surface area contributed by atoms with Gasteiger partial charge in [0.1, 0.15) is 11.6 Å². The Morgan fingerprint density at radius 2 is 1.93 bits per heavy atom. The van der Waals surface area contributed by atoms with Gasteiger partial charge in [0.05, 0.1) is 10.9 Å². The zero-order valence-corrected chi connectivity index (χ0v) is 17.9. The van der Waals surface area contributed by atoms with Crippen LogP contribution in [0.15, 0.2) is 35.3 Å². The molecule has 1 fully saturated rings. The van der Waals surface area contributed by atoms with E-state index in [9.17, 15) is 13.6 Å². The minimum atomic E-state index is -2.50. The number of nitrogens with one attached hydrogen (secondary N) is 1. The molecule has 0 saturated heterocycles. The van der Waals surface area contributed by atoms with Crippen molar-refractivity contribution >= 4 is 16.7 Å². The molecule has 5 nitrogen and oxygen atoms in total. The summed E-state index contributed by atoms with van der Waals surface area (Å²) in [6.45, 7) is 7.83. The van der Waals surface area contributed by atoms with Gasteiger partial charge in [0.25, 0.3) is 12.0 Å². The van der Waals surface area contributed by atoms with Gasteiger partial charge in [0.15, 0.2) is 0 Å². The molecule has 0 aliphatic heterocycles. The third kappa shape index (κ3) is 4.35. The SMILES string of the molecule is CC.Cc1nc(NCc2cccc(C(F)F)c2C)c2cn(C3CCC3)c(=O)cc2n1. The van der Waals surface area contributed by atoms with E-state index in [4.69, 9.17) is 0 Å². The maximum absolute atomic E-state index is 13.2. The molecule has 1 saturated carbocycles. The van der Waals surface area contributed by atoms with Gasteiger partial charge in [0, 0.05) is 30.4 Å². The van der Waals surface area contributed by atoms with Gasteiger partial charge in [0.2, 0.25) is 0 Å². The Morgan fingerprint density at radius 1 is 1.20 bits per heavy atom. The molecule has 0 radical (unpaired) electrons. The molecule has 1 aliphatic rings. The van der Waals surface area contributed by atoms with Gasteiger partial charge >= 0.3 is 0 Å². The molecule has 30 heavy (non-hydrogen) atoms. The Hall–Kier alpha value is -2.83. The number of hydrogen-bond donors (Lipinski definition) is 1. The van der Waals surface area contributed by atoms with Gasteiger partial charge in [-0.1, -0.05) is 32.0 Å². The molecule has 1 aliphatic carbocycles. The lowest BCUT2D eigenvalue weighted by Gasteiger charge is -2.27. The lowest BCUT2D eigenvalue weighted by molar-refractivity contribution is 0.150. The van der Waals surface area contributed by atoms with Gasteiger partial charge in [-0.25, -0.2) is 18.7 Å². The molecule has 0 bridgehead atoms. The van der Waals surface area contributed by atoms with Crippen molar-refractivity contribution in [1.29, 1.82) is 0 Å². The fourth-order valence-electron chi connectivity index (χ4n) is 3.63. The van der Waals surface area contributed by atoms with Crippen LogP contribution in [0.5, 0.6) is 0 Å². The van der Waals surface area contributed by atoms with Crippen LogP contribution in [-0.4, -0.2) is 14.5 Å². The minimum absolute atomic E-state index is 0.0434. The van der Waals surface area contributed by atoms with E-state index in [1.54, 1.807) is 30.5 Å². The number of hydrogen-bond acceptors (Lipinski definition) is 4. The summed E-state index contributed by atoms with van der Waals surface area (Å²) >= 11 is 0. The van der Waals surface area contributed by atoms with E-state index in [1.807, 2.05) is 26.1 Å². The van der Waals surface area contributed by atoms with Crippen LogP contribution in [0.25, 0.3) is 10.9 Å². The van der Waals surface area contributed by atoms with E-state index < -0.39 is 6.43 Å². The van der Waals surface area contributed by atoms with E-state index in [1.165, 1.54) is 6.07 Å². The Kier molecular flexibility index (Phi) is 6.80. The quantitative estimate of drug-likeness (QED) is 0.581. The van der Waals surface area contributed by atoms with Gasteiger partial charge in [-0.15, -0.1) is 0 Å². The normalized spacial score (nSPS) is 13.7. The molecule has 0 amide bonds. The number of halogens is 2. The summed E-state index contributed by atoms with van der Waals surface area (Å²) in [4.78, 5) is 21.3. The molecule has 3 aromatic rings. The summed E-state index contributed by atoms with van der Waals surface area (Å²) in [5.41, 5.74) is 1.94. The second kappa shape index (κ2) is 9.32. The predicted octanol–water partition coefficient (Wildman–Crippen LogP) is 5.71. The summed E-state index contributed by atoms with van der Waals surface area (Å²) in [6.07, 6.45) is 2.45. The monoisotopic (exact) mass is 414 g/mol. The van der Waals surface area contributed by atoms with E-state index in [0.29, 0.717) is 29.3 Å². The average molecular weight is 415 g/mol. The molecule has 2 aromatic heterocycles. The van der Waals surface area contributed by atoms with E-state index in [2.05, 4.69) is 15.3 Å². The van der Waals surface area contributed by atoms with Crippen molar-refractivity contribution in [2.75, 3.05) is 5.32 Å². The van der Waals surface area contributed by atoms with Crippen LogP contribution in [-0.2, 0) is 6.54 Å². The van der Waals surface area contributed by atoms with Gasteiger partial charge < -0.3 is 9.88 Å². The number of benzene rings is 1. The highest BCUT2D eigenvalue weighted by molar-refractivity contribution is 5.88. The molecule has 160 valence electrons. The van der Waals surface area contributed by atoms with Gasteiger partial charge in [-0.2, -0.15) is 0 Å². The zero-order chi connectivity index (χ0) is 21.8. The van der Waals surface area contributed by atoms with E-state index >= 15 is 0 Å². The number of alkyl halides is 2. The first-order chi connectivity index (χ1) is 14.4. The zero-order valence-electron chi connectivity index (χ0n) is 17.9. The molecule has 7 heteroatoms. The van der Waals surface area contributed by atoms with Crippen molar-refractivity contribution in [3.63, 3.8) is 0 Å². The lowest BCUT2D eigenvalue weighted by Crippen LogP contribution is -2.28. The number of aryl methyl sites for hydroxylation is 1. The Bertz CT molecular complexity index is 1090. The second-order valence-corrected chi connectivity index (χ2v) is 7.31. The molecular weight excluding hydrogens is 386 g/mol. The first-order valence-electron chi connectivity index (χ1n) is 10.4. The summed E-state index contributed by atoms with van der Waals surface area (Å²) in [5.74, 6) is 1.16. The van der Waals surface area contributed by atoms with Crippen LogP contribution >= 0.6 is 0 Å². The van der Waals surface area contributed by atoms with Crippen LogP contribution in [0.1, 0.15) is 68.1 Å². The molecule has 4 rings (SSSR count). The summed E-state index contributed by atoms with van der Waals surface area (Å²) in [6, 6.07) is 6.70. The van der Waals surface area contributed by atoms with Crippen molar-refractivity contribution in [1.82, 2.24) is 14.5 Å². The van der Waals surface area contributed by atoms with Crippen molar-refractivity contribution < 1.29 is 8.78 Å². The molecule has 2 heterocycles.